The Morgan fingerprint density at radius 1 is 1.18 bits per heavy atom. The Bertz CT molecular complexity index is 600. The Morgan fingerprint density at radius 2 is 1.86 bits per heavy atom. The van der Waals surface area contributed by atoms with Crippen LogP contribution in [0.3, 0.4) is 0 Å². The summed E-state index contributed by atoms with van der Waals surface area (Å²) in [6.45, 7) is 4.82. The molecule has 2 aromatic rings. The Morgan fingerprint density at radius 3 is 2.50 bits per heavy atom. The molecule has 0 radical (unpaired) electrons. The third kappa shape index (κ3) is 5.46. The van der Waals surface area contributed by atoms with Crippen molar-refractivity contribution in [3.63, 3.8) is 0 Å². The molecule has 4 N–H and O–H groups in total. The first kappa shape index (κ1) is 17.5. The lowest BCUT2D eigenvalue weighted by molar-refractivity contribution is -0.109. The summed E-state index contributed by atoms with van der Waals surface area (Å²) in [6.07, 6.45) is 0.403. The summed E-state index contributed by atoms with van der Waals surface area (Å²) < 4.78 is 5.89. The zero-order chi connectivity index (χ0) is 16.4. The topological polar surface area (TPSA) is 76.4 Å². The van der Waals surface area contributed by atoms with E-state index in [1.807, 2.05) is 31.3 Å². The highest BCUT2D eigenvalue weighted by Crippen LogP contribution is 2.24. The predicted octanol–water partition coefficient (Wildman–Crippen LogP) is 2.53. The first-order valence-electron chi connectivity index (χ1n) is 6.97. The van der Waals surface area contributed by atoms with Gasteiger partial charge in [-0.3, -0.25) is 10.2 Å². The van der Waals surface area contributed by atoms with Crippen molar-refractivity contribution in [3.05, 3.63) is 59.2 Å². The van der Waals surface area contributed by atoms with Gasteiger partial charge >= 0.3 is 0 Å². The third-order valence-electron chi connectivity index (χ3n) is 3.11. The van der Waals surface area contributed by atoms with E-state index in [0.717, 1.165) is 11.4 Å². The van der Waals surface area contributed by atoms with Crippen molar-refractivity contribution < 1.29 is 9.53 Å². The maximum absolute atomic E-state index is 8.94. The zero-order valence-corrected chi connectivity index (χ0v) is 13.2. The molecule has 0 aliphatic heterocycles. The molecule has 0 atom stereocenters. The standard InChI is InChI=1S/C16H19NO.CH4N2O/c1-12-8-9-13(2)14(10-12)11-18-16-7-5-4-6-15(16)17-3;2-3-1-4/h4-10,17H,11H2,1-3H3;1H,2H2,(H,3,4). The Labute approximate surface area is 131 Å². The fraction of sp³-hybridized carbons (Fsp3) is 0.235. The van der Waals surface area contributed by atoms with E-state index in [1.165, 1.54) is 16.7 Å². The second-order valence-corrected chi connectivity index (χ2v) is 4.75. The van der Waals surface area contributed by atoms with Gasteiger partial charge in [0.1, 0.15) is 12.4 Å². The van der Waals surface area contributed by atoms with E-state index >= 15 is 0 Å². The minimum Gasteiger partial charge on any atom is -0.487 e. The molecule has 0 aliphatic rings. The number of para-hydroxylation sites is 2. The van der Waals surface area contributed by atoms with Crippen LogP contribution in [0.25, 0.3) is 0 Å². The third-order valence-corrected chi connectivity index (χ3v) is 3.11. The molecular weight excluding hydrogens is 278 g/mol. The van der Waals surface area contributed by atoms with Gasteiger partial charge in [0.15, 0.2) is 0 Å². The summed E-state index contributed by atoms with van der Waals surface area (Å²) in [5.41, 5.74) is 6.53. The maximum Gasteiger partial charge on any atom is 0.221 e. The Kier molecular flexibility index (Phi) is 7.50. The summed E-state index contributed by atoms with van der Waals surface area (Å²) in [4.78, 5) is 8.94. The molecule has 0 heterocycles. The lowest BCUT2D eigenvalue weighted by Gasteiger charge is -2.12. The number of hydrogen-bond acceptors (Lipinski definition) is 4. The van der Waals surface area contributed by atoms with Crippen LogP contribution in [0, 0.1) is 13.8 Å². The van der Waals surface area contributed by atoms with Crippen LogP contribution in [-0.4, -0.2) is 13.5 Å². The SMILES string of the molecule is CNc1ccccc1OCc1cc(C)ccc1C.NNC=O. The zero-order valence-electron chi connectivity index (χ0n) is 13.2. The fourth-order valence-electron chi connectivity index (χ4n) is 1.91. The van der Waals surface area contributed by atoms with Gasteiger partial charge in [-0.25, -0.2) is 5.84 Å². The molecule has 0 fully saturated rings. The number of nitrogens with two attached hydrogens (primary N) is 1. The van der Waals surface area contributed by atoms with Crippen molar-refractivity contribution >= 4 is 12.1 Å². The van der Waals surface area contributed by atoms with Crippen molar-refractivity contribution in [1.82, 2.24) is 5.43 Å². The van der Waals surface area contributed by atoms with Gasteiger partial charge in [0.05, 0.1) is 5.69 Å². The Hall–Kier alpha value is -2.53. The van der Waals surface area contributed by atoms with Crippen LogP contribution in [-0.2, 0) is 11.4 Å². The monoisotopic (exact) mass is 301 g/mol. The van der Waals surface area contributed by atoms with Crippen LogP contribution in [0.4, 0.5) is 5.69 Å². The number of hydrazine groups is 1. The predicted molar refractivity (Wildman–Crippen MR) is 89.6 cm³/mol. The van der Waals surface area contributed by atoms with Gasteiger partial charge in [0, 0.05) is 7.05 Å². The fourth-order valence-corrected chi connectivity index (χ4v) is 1.91. The number of hydrogen-bond donors (Lipinski definition) is 3. The van der Waals surface area contributed by atoms with Crippen LogP contribution in [0.1, 0.15) is 16.7 Å². The van der Waals surface area contributed by atoms with E-state index < -0.39 is 0 Å². The number of carbonyl (C=O) groups excluding carboxylic acids is 1. The molecule has 118 valence electrons. The number of amides is 1. The number of carbonyl (C=O) groups is 1. The average Bonchev–Trinajstić information content (AvgIpc) is 2.56. The lowest BCUT2D eigenvalue weighted by Crippen LogP contribution is -2.18. The molecule has 1 amide bonds. The van der Waals surface area contributed by atoms with E-state index in [4.69, 9.17) is 9.53 Å². The van der Waals surface area contributed by atoms with E-state index in [9.17, 15) is 0 Å². The maximum atomic E-state index is 8.94. The largest absolute Gasteiger partial charge is 0.487 e. The van der Waals surface area contributed by atoms with Crippen molar-refractivity contribution in [2.24, 2.45) is 5.84 Å². The van der Waals surface area contributed by atoms with Crippen molar-refractivity contribution in [2.45, 2.75) is 20.5 Å². The first-order chi connectivity index (χ1) is 10.6. The van der Waals surface area contributed by atoms with E-state index in [1.54, 1.807) is 5.43 Å². The molecule has 0 spiro atoms. The minimum atomic E-state index is 0.403. The molecule has 0 bridgehead atoms. The Balaban J connectivity index is 0.000000541. The molecule has 0 aromatic heterocycles. The lowest BCUT2D eigenvalue weighted by atomic mass is 10.1. The van der Waals surface area contributed by atoms with Gasteiger partial charge in [0.25, 0.3) is 0 Å². The summed E-state index contributed by atoms with van der Waals surface area (Å²) in [6, 6.07) is 14.4. The number of benzene rings is 2. The number of rotatable bonds is 5. The van der Waals surface area contributed by atoms with Crippen LogP contribution in [0.5, 0.6) is 5.75 Å². The normalized spacial score (nSPS) is 9.27. The van der Waals surface area contributed by atoms with E-state index in [2.05, 4.69) is 43.2 Å². The number of nitrogens with one attached hydrogen (secondary N) is 2. The molecular formula is C17H23N3O2. The average molecular weight is 301 g/mol. The van der Waals surface area contributed by atoms with Gasteiger partial charge in [-0.1, -0.05) is 35.9 Å². The van der Waals surface area contributed by atoms with Gasteiger partial charge in [-0.2, -0.15) is 0 Å². The molecule has 5 heteroatoms. The van der Waals surface area contributed by atoms with Crippen LogP contribution in [0.15, 0.2) is 42.5 Å². The van der Waals surface area contributed by atoms with Gasteiger partial charge in [-0.15, -0.1) is 0 Å². The molecule has 2 rings (SSSR count). The van der Waals surface area contributed by atoms with Crippen molar-refractivity contribution in [3.8, 4) is 5.75 Å². The second-order valence-electron chi connectivity index (χ2n) is 4.75. The smallest absolute Gasteiger partial charge is 0.221 e. The molecule has 0 aliphatic carbocycles. The molecule has 0 saturated heterocycles. The van der Waals surface area contributed by atoms with Gasteiger partial charge < -0.3 is 10.1 Å². The van der Waals surface area contributed by atoms with Crippen LogP contribution >= 0.6 is 0 Å². The number of ether oxygens (including phenoxy) is 1. The molecule has 22 heavy (non-hydrogen) atoms. The van der Waals surface area contributed by atoms with Crippen molar-refractivity contribution in [2.75, 3.05) is 12.4 Å². The second kappa shape index (κ2) is 9.41. The quantitative estimate of drug-likeness (QED) is 0.343. The molecule has 0 unspecified atom stereocenters. The van der Waals surface area contributed by atoms with Crippen molar-refractivity contribution in [1.29, 1.82) is 0 Å². The van der Waals surface area contributed by atoms with Gasteiger partial charge in [-0.05, 0) is 37.1 Å². The highest BCUT2D eigenvalue weighted by Gasteiger charge is 2.03. The van der Waals surface area contributed by atoms with E-state index in [-0.39, 0.29) is 0 Å². The highest BCUT2D eigenvalue weighted by atomic mass is 16.5. The molecule has 5 nitrogen and oxygen atoms in total. The minimum absolute atomic E-state index is 0.403. The molecule has 2 aromatic carbocycles. The summed E-state index contributed by atoms with van der Waals surface area (Å²) in [5.74, 6) is 5.30. The van der Waals surface area contributed by atoms with Crippen LogP contribution in [0.2, 0.25) is 0 Å². The number of aryl methyl sites for hydroxylation is 2. The summed E-state index contributed by atoms with van der Waals surface area (Å²) >= 11 is 0. The summed E-state index contributed by atoms with van der Waals surface area (Å²) in [7, 11) is 1.90. The summed E-state index contributed by atoms with van der Waals surface area (Å²) in [5, 5.41) is 3.13. The van der Waals surface area contributed by atoms with Crippen LogP contribution < -0.4 is 21.3 Å². The number of anilines is 1. The first-order valence-corrected chi connectivity index (χ1v) is 6.97. The van der Waals surface area contributed by atoms with Gasteiger partial charge in [0.2, 0.25) is 6.41 Å². The highest BCUT2D eigenvalue weighted by molar-refractivity contribution is 5.55. The molecule has 0 saturated carbocycles. The van der Waals surface area contributed by atoms with E-state index in [0.29, 0.717) is 13.0 Å².